The van der Waals surface area contributed by atoms with Crippen LogP contribution in [0.4, 0.5) is 0 Å². The lowest BCUT2D eigenvalue weighted by Crippen LogP contribution is -2.03. The van der Waals surface area contributed by atoms with Crippen molar-refractivity contribution in [2.75, 3.05) is 20.8 Å². The summed E-state index contributed by atoms with van der Waals surface area (Å²) < 4.78 is 11.6. The van der Waals surface area contributed by atoms with Crippen LogP contribution >= 0.6 is 15.9 Å². The Hall–Kier alpha value is -0.740. The Morgan fingerprint density at radius 2 is 1.88 bits per heavy atom. The summed E-state index contributed by atoms with van der Waals surface area (Å²) in [6.07, 6.45) is 1.48. The predicted molar refractivity (Wildman–Crippen MR) is 67.4 cm³/mol. The Morgan fingerprint density at radius 1 is 1.25 bits per heavy atom. The first-order valence-electron chi connectivity index (χ1n) is 5.22. The fourth-order valence-corrected chi connectivity index (χ4v) is 2.45. The van der Waals surface area contributed by atoms with E-state index in [9.17, 15) is 0 Å². The third-order valence-electron chi connectivity index (χ3n) is 2.53. The van der Waals surface area contributed by atoms with Crippen molar-refractivity contribution in [2.45, 2.75) is 19.8 Å². The summed E-state index contributed by atoms with van der Waals surface area (Å²) in [6.45, 7) is 2.20. The van der Waals surface area contributed by atoms with Gasteiger partial charge in [0, 0.05) is 12.2 Å². The standard InChI is InChI=1S/C12H17BrO3/c1-4-9-8(5-6-14)7-10(13)12(16-3)11(9)15-2/h7,14H,4-6H2,1-3H3. The van der Waals surface area contributed by atoms with Gasteiger partial charge < -0.3 is 14.6 Å². The molecule has 0 saturated heterocycles. The molecule has 0 radical (unpaired) electrons. The number of ether oxygens (including phenoxy) is 2. The van der Waals surface area contributed by atoms with E-state index in [0.717, 1.165) is 27.8 Å². The molecule has 1 N–H and O–H groups in total. The highest BCUT2D eigenvalue weighted by Crippen LogP contribution is 2.40. The maximum Gasteiger partial charge on any atom is 0.175 e. The first-order chi connectivity index (χ1) is 7.69. The minimum atomic E-state index is 0.134. The fourth-order valence-electron chi connectivity index (χ4n) is 1.83. The summed E-state index contributed by atoms with van der Waals surface area (Å²) in [5.41, 5.74) is 2.19. The molecule has 0 atom stereocenters. The van der Waals surface area contributed by atoms with Crippen LogP contribution in [0.1, 0.15) is 18.1 Å². The molecular formula is C12H17BrO3. The summed E-state index contributed by atoms with van der Waals surface area (Å²) in [5, 5.41) is 9.03. The number of aliphatic hydroxyl groups is 1. The first kappa shape index (κ1) is 13.3. The average Bonchev–Trinajstić information content (AvgIpc) is 2.28. The summed E-state index contributed by atoms with van der Waals surface area (Å²) in [5.74, 6) is 1.46. The van der Waals surface area contributed by atoms with E-state index in [1.807, 2.05) is 6.07 Å². The van der Waals surface area contributed by atoms with E-state index in [0.29, 0.717) is 12.2 Å². The van der Waals surface area contributed by atoms with Crippen LogP contribution in [0.5, 0.6) is 11.5 Å². The van der Waals surface area contributed by atoms with E-state index < -0.39 is 0 Å². The minimum Gasteiger partial charge on any atom is -0.493 e. The second-order valence-corrected chi connectivity index (χ2v) is 4.24. The van der Waals surface area contributed by atoms with Crippen LogP contribution in [-0.4, -0.2) is 25.9 Å². The zero-order chi connectivity index (χ0) is 12.1. The molecule has 0 aliphatic rings. The lowest BCUT2D eigenvalue weighted by atomic mass is 10.0. The van der Waals surface area contributed by atoms with Crippen molar-refractivity contribution in [3.8, 4) is 11.5 Å². The van der Waals surface area contributed by atoms with Gasteiger partial charge in [0.2, 0.25) is 0 Å². The number of methoxy groups -OCH3 is 2. The number of halogens is 1. The molecule has 0 aromatic heterocycles. The molecule has 0 fully saturated rings. The van der Waals surface area contributed by atoms with Gasteiger partial charge >= 0.3 is 0 Å². The Bertz CT molecular complexity index is 364. The first-order valence-corrected chi connectivity index (χ1v) is 6.01. The van der Waals surface area contributed by atoms with Gasteiger partial charge in [-0.05, 0) is 40.4 Å². The molecule has 0 amide bonds. The van der Waals surface area contributed by atoms with Crippen molar-refractivity contribution >= 4 is 15.9 Å². The van der Waals surface area contributed by atoms with E-state index in [2.05, 4.69) is 22.9 Å². The Labute approximate surface area is 105 Å². The van der Waals surface area contributed by atoms with Crippen LogP contribution in [0.25, 0.3) is 0 Å². The highest BCUT2D eigenvalue weighted by Gasteiger charge is 2.16. The fraction of sp³-hybridized carbons (Fsp3) is 0.500. The predicted octanol–water partition coefficient (Wildman–Crippen LogP) is 2.56. The Morgan fingerprint density at radius 3 is 2.31 bits per heavy atom. The third kappa shape index (κ3) is 2.50. The molecule has 0 aliphatic carbocycles. The van der Waals surface area contributed by atoms with Gasteiger partial charge in [0.15, 0.2) is 11.5 Å². The van der Waals surface area contributed by atoms with Gasteiger partial charge in [-0.1, -0.05) is 6.92 Å². The highest BCUT2D eigenvalue weighted by atomic mass is 79.9. The maximum absolute atomic E-state index is 9.03. The van der Waals surface area contributed by atoms with Gasteiger partial charge in [0.1, 0.15) is 0 Å². The Balaban J connectivity index is 3.37. The zero-order valence-electron chi connectivity index (χ0n) is 9.84. The van der Waals surface area contributed by atoms with Crippen molar-refractivity contribution < 1.29 is 14.6 Å². The summed E-state index contributed by atoms with van der Waals surface area (Å²) in [4.78, 5) is 0. The van der Waals surface area contributed by atoms with Crippen LogP contribution in [0.2, 0.25) is 0 Å². The molecule has 90 valence electrons. The SMILES string of the molecule is CCc1c(CCO)cc(Br)c(OC)c1OC. The van der Waals surface area contributed by atoms with E-state index in [1.165, 1.54) is 0 Å². The molecule has 0 saturated carbocycles. The lowest BCUT2D eigenvalue weighted by molar-refractivity contribution is 0.298. The van der Waals surface area contributed by atoms with Crippen LogP contribution < -0.4 is 9.47 Å². The number of benzene rings is 1. The molecule has 0 aliphatic heterocycles. The molecule has 0 unspecified atom stereocenters. The number of rotatable bonds is 5. The van der Waals surface area contributed by atoms with Gasteiger partial charge in [-0.15, -0.1) is 0 Å². The van der Waals surface area contributed by atoms with Crippen LogP contribution in [0.15, 0.2) is 10.5 Å². The maximum atomic E-state index is 9.03. The van der Waals surface area contributed by atoms with Gasteiger partial charge in [-0.25, -0.2) is 0 Å². The van der Waals surface area contributed by atoms with Gasteiger partial charge in [0.05, 0.1) is 18.7 Å². The number of hydrogen-bond donors (Lipinski definition) is 1. The minimum absolute atomic E-state index is 0.134. The van der Waals surface area contributed by atoms with Crippen LogP contribution in [0, 0.1) is 0 Å². The summed E-state index contributed by atoms with van der Waals surface area (Å²) >= 11 is 3.45. The second-order valence-electron chi connectivity index (χ2n) is 3.39. The van der Waals surface area contributed by atoms with E-state index in [4.69, 9.17) is 14.6 Å². The Kier molecular flexibility index (Phi) is 5.09. The largest absolute Gasteiger partial charge is 0.493 e. The molecule has 1 aromatic carbocycles. The van der Waals surface area contributed by atoms with E-state index in [-0.39, 0.29) is 6.61 Å². The molecule has 1 aromatic rings. The molecule has 3 nitrogen and oxygen atoms in total. The molecule has 0 bridgehead atoms. The van der Waals surface area contributed by atoms with Crippen molar-refractivity contribution in [3.63, 3.8) is 0 Å². The topological polar surface area (TPSA) is 38.7 Å². The van der Waals surface area contributed by atoms with Gasteiger partial charge in [-0.3, -0.25) is 0 Å². The summed E-state index contributed by atoms with van der Waals surface area (Å²) in [7, 11) is 3.25. The van der Waals surface area contributed by atoms with Crippen molar-refractivity contribution in [1.82, 2.24) is 0 Å². The normalized spacial score (nSPS) is 10.3. The van der Waals surface area contributed by atoms with Crippen molar-refractivity contribution in [2.24, 2.45) is 0 Å². The third-order valence-corrected chi connectivity index (χ3v) is 3.12. The van der Waals surface area contributed by atoms with E-state index in [1.54, 1.807) is 14.2 Å². The average molecular weight is 289 g/mol. The lowest BCUT2D eigenvalue weighted by Gasteiger charge is -2.17. The molecular weight excluding hydrogens is 272 g/mol. The monoisotopic (exact) mass is 288 g/mol. The zero-order valence-corrected chi connectivity index (χ0v) is 11.4. The quantitative estimate of drug-likeness (QED) is 0.905. The summed E-state index contributed by atoms with van der Waals surface area (Å²) in [6, 6.07) is 1.98. The smallest absolute Gasteiger partial charge is 0.175 e. The molecule has 4 heteroatoms. The second kappa shape index (κ2) is 6.11. The van der Waals surface area contributed by atoms with Crippen molar-refractivity contribution in [3.05, 3.63) is 21.7 Å². The van der Waals surface area contributed by atoms with Gasteiger partial charge in [0.25, 0.3) is 0 Å². The number of aliphatic hydroxyl groups excluding tert-OH is 1. The molecule has 0 spiro atoms. The van der Waals surface area contributed by atoms with Crippen LogP contribution in [0.3, 0.4) is 0 Å². The van der Waals surface area contributed by atoms with E-state index >= 15 is 0 Å². The van der Waals surface area contributed by atoms with Gasteiger partial charge in [-0.2, -0.15) is 0 Å². The molecule has 1 rings (SSSR count). The number of hydrogen-bond acceptors (Lipinski definition) is 3. The van der Waals surface area contributed by atoms with Crippen LogP contribution in [-0.2, 0) is 12.8 Å². The van der Waals surface area contributed by atoms with Crippen molar-refractivity contribution in [1.29, 1.82) is 0 Å². The molecule has 0 heterocycles. The highest BCUT2D eigenvalue weighted by molar-refractivity contribution is 9.10. The molecule has 16 heavy (non-hydrogen) atoms.